The molecule has 0 bridgehead atoms. The molecule has 1 aliphatic heterocycles. The van der Waals surface area contributed by atoms with Crippen molar-refractivity contribution in [3.63, 3.8) is 0 Å². The molecule has 0 atom stereocenters. The van der Waals surface area contributed by atoms with Gasteiger partial charge in [-0.2, -0.15) is 0 Å². The van der Waals surface area contributed by atoms with Gasteiger partial charge in [0.15, 0.2) is 0 Å². The van der Waals surface area contributed by atoms with E-state index in [1.54, 1.807) is 20.8 Å². The van der Waals surface area contributed by atoms with E-state index >= 15 is 0 Å². The highest BCUT2D eigenvalue weighted by atomic mass is 16.5. The van der Waals surface area contributed by atoms with Crippen molar-refractivity contribution >= 4 is 17.9 Å². The van der Waals surface area contributed by atoms with E-state index in [1.807, 2.05) is 4.90 Å². The Bertz CT molecular complexity index is 446. The molecule has 2 fully saturated rings. The van der Waals surface area contributed by atoms with Crippen molar-refractivity contribution in [1.29, 1.82) is 0 Å². The van der Waals surface area contributed by atoms with E-state index in [0.717, 1.165) is 12.8 Å². The zero-order chi connectivity index (χ0) is 15.6. The molecule has 2 aliphatic rings. The molecule has 0 radical (unpaired) electrons. The molecule has 118 valence electrons. The van der Waals surface area contributed by atoms with E-state index in [1.165, 1.54) is 4.90 Å². The van der Waals surface area contributed by atoms with Crippen LogP contribution in [0.1, 0.15) is 33.6 Å². The van der Waals surface area contributed by atoms with Crippen LogP contribution in [0.5, 0.6) is 0 Å². The van der Waals surface area contributed by atoms with Crippen molar-refractivity contribution in [3.8, 4) is 0 Å². The monoisotopic (exact) mass is 297 g/mol. The molecule has 2 rings (SSSR count). The molecule has 1 saturated heterocycles. The Morgan fingerprint density at radius 3 is 2.57 bits per heavy atom. The second kappa shape index (κ2) is 6.01. The van der Waals surface area contributed by atoms with Gasteiger partial charge in [-0.3, -0.25) is 19.4 Å². The summed E-state index contributed by atoms with van der Waals surface area (Å²) in [6.45, 7) is 6.51. The first-order chi connectivity index (χ1) is 9.85. The summed E-state index contributed by atoms with van der Waals surface area (Å²) in [6, 6.07) is 0.0000596. The highest BCUT2D eigenvalue weighted by Gasteiger charge is 2.44. The lowest BCUT2D eigenvalue weighted by atomic mass is 10.1. The third-order valence-electron chi connectivity index (χ3n) is 3.76. The fourth-order valence-electron chi connectivity index (χ4n) is 2.45. The average molecular weight is 297 g/mol. The minimum atomic E-state index is -0.845. The van der Waals surface area contributed by atoms with Crippen LogP contribution < -0.4 is 5.32 Å². The summed E-state index contributed by atoms with van der Waals surface area (Å²) >= 11 is 0. The Labute approximate surface area is 124 Å². The SMILES string of the molecule is CCOC(=O)CN(CCN1C(=O)NC(C)(C)C1=O)C1CC1. The number of hydrogen-bond acceptors (Lipinski definition) is 5. The van der Waals surface area contributed by atoms with Crippen molar-refractivity contribution < 1.29 is 19.1 Å². The van der Waals surface area contributed by atoms with Crippen molar-refractivity contribution in [2.45, 2.75) is 45.2 Å². The van der Waals surface area contributed by atoms with Crippen LogP contribution in [0, 0.1) is 0 Å². The number of nitrogens with zero attached hydrogens (tertiary/aromatic N) is 2. The number of ether oxygens (including phenoxy) is 1. The molecular formula is C14H23N3O4. The van der Waals surface area contributed by atoms with Crippen molar-refractivity contribution in [2.75, 3.05) is 26.2 Å². The highest BCUT2D eigenvalue weighted by molar-refractivity contribution is 6.06. The minimum absolute atomic E-state index is 0.214. The zero-order valence-corrected chi connectivity index (χ0v) is 12.8. The molecule has 1 heterocycles. The Morgan fingerprint density at radius 1 is 1.43 bits per heavy atom. The first-order valence-corrected chi connectivity index (χ1v) is 7.39. The Hall–Kier alpha value is -1.63. The lowest BCUT2D eigenvalue weighted by Crippen LogP contribution is -2.43. The molecule has 1 N–H and O–H groups in total. The van der Waals surface area contributed by atoms with Gasteiger partial charge in [-0.05, 0) is 33.6 Å². The molecule has 3 amide bonds. The molecular weight excluding hydrogens is 274 g/mol. The molecule has 0 aromatic rings. The fraction of sp³-hybridized carbons (Fsp3) is 0.786. The molecule has 7 nitrogen and oxygen atoms in total. The number of imide groups is 1. The number of rotatable bonds is 7. The number of urea groups is 1. The second-order valence-corrected chi connectivity index (χ2v) is 6.02. The molecule has 0 aromatic carbocycles. The minimum Gasteiger partial charge on any atom is -0.465 e. The summed E-state index contributed by atoms with van der Waals surface area (Å²) in [4.78, 5) is 38.7. The lowest BCUT2D eigenvalue weighted by molar-refractivity contribution is -0.144. The lowest BCUT2D eigenvalue weighted by Gasteiger charge is -2.23. The normalized spacial score (nSPS) is 20.9. The number of carbonyl (C=O) groups is 3. The first kappa shape index (κ1) is 15.8. The van der Waals surface area contributed by atoms with Gasteiger partial charge in [0.2, 0.25) is 0 Å². The topological polar surface area (TPSA) is 79.0 Å². The van der Waals surface area contributed by atoms with Crippen LogP contribution in [0.4, 0.5) is 4.79 Å². The van der Waals surface area contributed by atoms with Crippen LogP contribution in [0.3, 0.4) is 0 Å². The number of hydrogen-bond donors (Lipinski definition) is 1. The van der Waals surface area contributed by atoms with Crippen LogP contribution >= 0.6 is 0 Å². The quantitative estimate of drug-likeness (QED) is 0.541. The molecule has 0 aromatic heterocycles. The van der Waals surface area contributed by atoms with Crippen LogP contribution in [-0.4, -0.2) is 65.5 Å². The third-order valence-corrected chi connectivity index (χ3v) is 3.76. The number of amides is 3. The van der Waals surface area contributed by atoms with E-state index in [9.17, 15) is 14.4 Å². The van der Waals surface area contributed by atoms with Gasteiger partial charge >= 0.3 is 12.0 Å². The molecule has 0 spiro atoms. The summed E-state index contributed by atoms with van der Waals surface area (Å²) in [5.41, 5.74) is -0.845. The predicted octanol–water partition coefficient (Wildman–Crippen LogP) is 0.344. The van der Waals surface area contributed by atoms with Gasteiger partial charge in [0, 0.05) is 19.1 Å². The Balaban J connectivity index is 1.89. The summed E-state index contributed by atoms with van der Waals surface area (Å²) in [5, 5.41) is 2.65. The van der Waals surface area contributed by atoms with Crippen LogP contribution in [0.25, 0.3) is 0 Å². The Kier molecular flexibility index (Phi) is 4.51. The molecule has 0 unspecified atom stereocenters. The van der Waals surface area contributed by atoms with Gasteiger partial charge in [0.05, 0.1) is 13.2 Å². The molecule has 1 aliphatic carbocycles. The van der Waals surface area contributed by atoms with E-state index < -0.39 is 5.54 Å². The highest BCUT2D eigenvalue weighted by Crippen LogP contribution is 2.26. The number of carbonyl (C=O) groups excluding carboxylic acids is 3. The summed E-state index contributed by atoms with van der Waals surface area (Å²) in [6.07, 6.45) is 2.09. The average Bonchev–Trinajstić information content (AvgIpc) is 3.18. The summed E-state index contributed by atoms with van der Waals surface area (Å²) in [5.74, 6) is -0.485. The van der Waals surface area contributed by atoms with Gasteiger partial charge < -0.3 is 10.1 Å². The number of nitrogens with one attached hydrogen (secondary N) is 1. The Morgan fingerprint density at radius 2 is 2.10 bits per heavy atom. The van der Waals surface area contributed by atoms with E-state index in [2.05, 4.69) is 5.32 Å². The summed E-state index contributed by atoms with van der Waals surface area (Å²) in [7, 11) is 0. The van der Waals surface area contributed by atoms with Crippen molar-refractivity contribution in [2.24, 2.45) is 0 Å². The molecule has 7 heteroatoms. The van der Waals surface area contributed by atoms with Gasteiger partial charge in [-0.15, -0.1) is 0 Å². The molecule has 1 saturated carbocycles. The van der Waals surface area contributed by atoms with Gasteiger partial charge in [-0.1, -0.05) is 0 Å². The van der Waals surface area contributed by atoms with Gasteiger partial charge in [-0.25, -0.2) is 4.79 Å². The summed E-state index contributed by atoms with van der Waals surface area (Å²) < 4.78 is 4.96. The van der Waals surface area contributed by atoms with Gasteiger partial charge in [0.25, 0.3) is 5.91 Å². The molecule has 21 heavy (non-hydrogen) atoms. The maximum Gasteiger partial charge on any atom is 0.325 e. The fourth-order valence-corrected chi connectivity index (χ4v) is 2.45. The van der Waals surface area contributed by atoms with Crippen molar-refractivity contribution in [1.82, 2.24) is 15.1 Å². The maximum atomic E-state index is 12.1. The third kappa shape index (κ3) is 3.72. The maximum absolute atomic E-state index is 12.1. The standard InChI is InChI=1S/C14H23N3O4/c1-4-21-11(18)9-16(10-5-6-10)7-8-17-12(19)14(2,3)15-13(17)20/h10H,4-9H2,1-3H3,(H,15,20). The van der Waals surface area contributed by atoms with Crippen LogP contribution in [0.2, 0.25) is 0 Å². The second-order valence-electron chi connectivity index (χ2n) is 6.02. The first-order valence-electron chi connectivity index (χ1n) is 7.39. The van der Waals surface area contributed by atoms with E-state index in [4.69, 9.17) is 4.74 Å². The van der Waals surface area contributed by atoms with E-state index in [-0.39, 0.29) is 24.5 Å². The predicted molar refractivity (Wildman–Crippen MR) is 75.6 cm³/mol. The largest absolute Gasteiger partial charge is 0.465 e. The van der Waals surface area contributed by atoms with Gasteiger partial charge in [0.1, 0.15) is 5.54 Å². The zero-order valence-electron chi connectivity index (χ0n) is 12.8. The van der Waals surface area contributed by atoms with Crippen LogP contribution in [-0.2, 0) is 14.3 Å². The van der Waals surface area contributed by atoms with Crippen LogP contribution in [0.15, 0.2) is 0 Å². The smallest absolute Gasteiger partial charge is 0.325 e. The van der Waals surface area contributed by atoms with E-state index in [0.29, 0.717) is 25.7 Å². The van der Waals surface area contributed by atoms with Crippen molar-refractivity contribution in [3.05, 3.63) is 0 Å². The number of esters is 1.